The van der Waals surface area contributed by atoms with E-state index in [0.29, 0.717) is 12.8 Å². The zero-order valence-corrected chi connectivity index (χ0v) is 12.4. The topological polar surface area (TPSA) is 37.4 Å². The fourth-order valence-corrected chi connectivity index (χ4v) is 3.68. The van der Waals surface area contributed by atoms with Crippen LogP contribution in [0.4, 0.5) is 5.69 Å². The molecule has 1 aliphatic heterocycles. The fourth-order valence-electron chi connectivity index (χ4n) is 3.68. The van der Waals surface area contributed by atoms with E-state index in [0.717, 1.165) is 29.7 Å². The molecule has 1 spiro atoms. The second-order valence-corrected chi connectivity index (χ2v) is 6.33. The van der Waals surface area contributed by atoms with E-state index in [2.05, 4.69) is 0 Å². The maximum Gasteiger partial charge on any atom is 0.245 e. The summed E-state index contributed by atoms with van der Waals surface area (Å²) >= 11 is 0. The van der Waals surface area contributed by atoms with Gasteiger partial charge >= 0.3 is 0 Å². The second-order valence-electron chi connectivity index (χ2n) is 6.33. The molecule has 2 aliphatic rings. The summed E-state index contributed by atoms with van der Waals surface area (Å²) in [6.07, 6.45) is 3.07. The van der Waals surface area contributed by atoms with Crippen LogP contribution in [0.5, 0.6) is 0 Å². The van der Waals surface area contributed by atoms with Gasteiger partial charge in [-0.25, -0.2) is 0 Å². The van der Waals surface area contributed by atoms with Gasteiger partial charge in [-0.15, -0.1) is 0 Å². The molecule has 3 heteroatoms. The number of hydrogen-bond donors (Lipinski definition) is 0. The number of fused-ring (bicyclic) bond motifs is 2. The highest BCUT2D eigenvalue weighted by Gasteiger charge is 2.56. The summed E-state index contributed by atoms with van der Waals surface area (Å²) in [5.41, 5.74) is 2.11. The predicted molar refractivity (Wildman–Crippen MR) is 79.0 cm³/mol. The first-order valence-corrected chi connectivity index (χ1v) is 7.46. The molecule has 1 aliphatic carbocycles. The van der Waals surface area contributed by atoms with E-state index >= 15 is 0 Å². The number of anilines is 1. The Morgan fingerprint density at radius 3 is 2.60 bits per heavy atom. The zero-order chi connectivity index (χ0) is 14.5. The summed E-state index contributed by atoms with van der Waals surface area (Å²) in [7, 11) is 0. The van der Waals surface area contributed by atoms with Crippen molar-refractivity contribution in [3.63, 3.8) is 0 Å². The molecule has 0 saturated heterocycles. The van der Waals surface area contributed by atoms with Gasteiger partial charge in [-0.05, 0) is 45.2 Å². The third-order valence-electron chi connectivity index (χ3n) is 4.65. The summed E-state index contributed by atoms with van der Waals surface area (Å²) in [4.78, 5) is 27.4. The maximum absolute atomic E-state index is 13.0. The van der Waals surface area contributed by atoms with Crippen LogP contribution in [0.3, 0.4) is 0 Å². The number of nitrogens with zero attached hydrogens (tertiary/aromatic N) is 1. The Hall–Kier alpha value is -1.64. The summed E-state index contributed by atoms with van der Waals surface area (Å²) in [5.74, 6) is 0.113. The van der Waals surface area contributed by atoms with Crippen LogP contribution in [-0.2, 0) is 15.0 Å². The lowest BCUT2D eigenvalue weighted by molar-refractivity contribution is -0.136. The Morgan fingerprint density at radius 1 is 1.20 bits per heavy atom. The Labute approximate surface area is 120 Å². The number of amides is 1. The number of ketones is 1. The minimum absolute atomic E-state index is 0.00204. The molecule has 1 heterocycles. The second kappa shape index (κ2) is 4.44. The van der Waals surface area contributed by atoms with Crippen molar-refractivity contribution in [1.82, 2.24) is 0 Å². The first-order valence-electron chi connectivity index (χ1n) is 7.46. The molecule has 1 saturated carbocycles. The Bertz CT molecular complexity index is 591. The van der Waals surface area contributed by atoms with Crippen LogP contribution in [-0.4, -0.2) is 17.7 Å². The van der Waals surface area contributed by atoms with E-state index in [-0.39, 0.29) is 17.7 Å². The number of hydrogen-bond acceptors (Lipinski definition) is 2. The highest BCUT2D eigenvalue weighted by molar-refractivity contribution is 6.22. The van der Waals surface area contributed by atoms with Crippen LogP contribution in [0.25, 0.3) is 0 Å². The molecule has 1 fully saturated rings. The SMILES string of the molecule is Cc1ccc2c(c1)C1(CCCCC1=O)C(=O)N2C(C)C. The molecule has 106 valence electrons. The molecule has 1 aromatic rings. The minimum atomic E-state index is -0.885. The van der Waals surface area contributed by atoms with E-state index in [1.165, 1.54) is 0 Å². The van der Waals surface area contributed by atoms with Crippen molar-refractivity contribution in [1.29, 1.82) is 0 Å². The molecule has 1 atom stereocenters. The molecule has 0 N–H and O–H groups in total. The molecular weight excluding hydrogens is 250 g/mol. The molecular formula is C17H21NO2. The largest absolute Gasteiger partial charge is 0.308 e. The smallest absolute Gasteiger partial charge is 0.245 e. The van der Waals surface area contributed by atoms with Gasteiger partial charge in [0.05, 0.1) is 0 Å². The Kier molecular flexibility index (Phi) is 2.96. The minimum Gasteiger partial charge on any atom is -0.308 e. The fraction of sp³-hybridized carbons (Fsp3) is 0.529. The van der Waals surface area contributed by atoms with Gasteiger partial charge in [0.1, 0.15) is 5.41 Å². The van der Waals surface area contributed by atoms with Crippen LogP contribution < -0.4 is 4.90 Å². The van der Waals surface area contributed by atoms with Crippen molar-refractivity contribution in [3.05, 3.63) is 29.3 Å². The molecule has 1 aromatic carbocycles. The standard InChI is InChI=1S/C17H21NO2/c1-11(2)18-14-8-7-12(3)10-13(14)17(16(18)20)9-5-4-6-15(17)19/h7-8,10-11H,4-6,9H2,1-3H3. The molecule has 3 rings (SSSR count). The highest BCUT2D eigenvalue weighted by atomic mass is 16.2. The predicted octanol–water partition coefficient (Wildman–Crippen LogP) is 3.13. The van der Waals surface area contributed by atoms with Crippen LogP contribution in [0.2, 0.25) is 0 Å². The van der Waals surface area contributed by atoms with Crippen LogP contribution in [0.15, 0.2) is 18.2 Å². The number of aryl methyl sites for hydroxylation is 1. The number of carbonyl (C=O) groups is 2. The third kappa shape index (κ3) is 1.58. The molecule has 0 aromatic heterocycles. The van der Waals surface area contributed by atoms with Crippen molar-refractivity contribution in [2.75, 3.05) is 4.90 Å². The van der Waals surface area contributed by atoms with Gasteiger partial charge in [-0.3, -0.25) is 9.59 Å². The zero-order valence-electron chi connectivity index (χ0n) is 12.4. The van der Waals surface area contributed by atoms with E-state index in [1.54, 1.807) is 0 Å². The van der Waals surface area contributed by atoms with Crippen LogP contribution in [0, 0.1) is 6.92 Å². The lowest BCUT2D eigenvalue weighted by Gasteiger charge is -2.31. The van der Waals surface area contributed by atoms with Gasteiger partial charge in [0.15, 0.2) is 5.78 Å². The quantitative estimate of drug-likeness (QED) is 0.736. The average molecular weight is 271 g/mol. The lowest BCUT2D eigenvalue weighted by Crippen LogP contribution is -2.49. The van der Waals surface area contributed by atoms with Gasteiger partial charge in [-0.1, -0.05) is 24.1 Å². The molecule has 3 nitrogen and oxygen atoms in total. The summed E-state index contributed by atoms with van der Waals surface area (Å²) in [6.45, 7) is 6.03. The van der Waals surface area contributed by atoms with E-state index in [1.807, 2.05) is 43.9 Å². The molecule has 20 heavy (non-hydrogen) atoms. The van der Waals surface area contributed by atoms with Gasteiger partial charge < -0.3 is 4.90 Å². The maximum atomic E-state index is 13.0. The first kappa shape index (κ1) is 13.3. The van der Waals surface area contributed by atoms with E-state index in [4.69, 9.17) is 0 Å². The molecule has 1 unspecified atom stereocenters. The molecule has 1 amide bonds. The van der Waals surface area contributed by atoms with Crippen molar-refractivity contribution in [2.45, 2.75) is 57.9 Å². The van der Waals surface area contributed by atoms with Gasteiger partial charge in [0, 0.05) is 18.2 Å². The van der Waals surface area contributed by atoms with E-state index < -0.39 is 5.41 Å². The number of Topliss-reactive ketones (excluding diaryl/α,β-unsaturated/α-hetero) is 1. The van der Waals surface area contributed by atoms with Crippen molar-refractivity contribution in [2.24, 2.45) is 0 Å². The number of rotatable bonds is 1. The highest BCUT2D eigenvalue weighted by Crippen LogP contribution is 2.49. The normalized spacial score (nSPS) is 25.7. The monoisotopic (exact) mass is 271 g/mol. The average Bonchev–Trinajstić information content (AvgIpc) is 2.63. The summed E-state index contributed by atoms with van der Waals surface area (Å²) < 4.78 is 0. The Balaban J connectivity index is 2.25. The molecule has 0 bridgehead atoms. The van der Waals surface area contributed by atoms with Crippen molar-refractivity contribution >= 4 is 17.4 Å². The van der Waals surface area contributed by atoms with Crippen molar-refractivity contribution < 1.29 is 9.59 Å². The van der Waals surface area contributed by atoms with E-state index in [9.17, 15) is 9.59 Å². The summed E-state index contributed by atoms with van der Waals surface area (Å²) in [5, 5.41) is 0. The number of benzene rings is 1. The van der Waals surface area contributed by atoms with Gasteiger partial charge in [-0.2, -0.15) is 0 Å². The van der Waals surface area contributed by atoms with Gasteiger partial charge in [0.2, 0.25) is 5.91 Å². The number of carbonyl (C=O) groups excluding carboxylic acids is 2. The molecule has 0 radical (unpaired) electrons. The van der Waals surface area contributed by atoms with Crippen molar-refractivity contribution in [3.8, 4) is 0 Å². The van der Waals surface area contributed by atoms with Crippen LogP contribution in [0.1, 0.15) is 50.7 Å². The Morgan fingerprint density at radius 2 is 1.95 bits per heavy atom. The summed E-state index contributed by atoms with van der Waals surface area (Å²) in [6, 6.07) is 6.14. The lowest BCUT2D eigenvalue weighted by atomic mass is 9.69. The third-order valence-corrected chi connectivity index (χ3v) is 4.65. The van der Waals surface area contributed by atoms with Gasteiger partial charge in [0.25, 0.3) is 0 Å². The first-order chi connectivity index (χ1) is 9.48. The van der Waals surface area contributed by atoms with Crippen LogP contribution >= 0.6 is 0 Å².